The van der Waals surface area contributed by atoms with E-state index in [9.17, 15) is 0 Å². The second-order valence-corrected chi connectivity index (χ2v) is 6.39. The summed E-state index contributed by atoms with van der Waals surface area (Å²) in [6.45, 7) is 15.5. The minimum atomic E-state index is -0.409. The molecule has 1 fully saturated rings. The fourth-order valence-electron chi connectivity index (χ4n) is 1.46. The molecule has 3 nitrogen and oxygen atoms in total. The van der Waals surface area contributed by atoms with Crippen molar-refractivity contribution in [3.05, 3.63) is 0 Å². The lowest BCUT2D eigenvalue weighted by molar-refractivity contribution is -0.253. The first-order valence-electron chi connectivity index (χ1n) is 6.22. The maximum absolute atomic E-state index is 5.61. The van der Waals surface area contributed by atoms with E-state index in [4.69, 9.17) is 9.47 Å². The van der Waals surface area contributed by atoms with Crippen LogP contribution in [0.1, 0.15) is 41.5 Å². The van der Waals surface area contributed by atoms with Gasteiger partial charge in [0.05, 0.1) is 19.3 Å². The predicted octanol–water partition coefficient (Wildman–Crippen LogP) is 2.41. The summed E-state index contributed by atoms with van der Waals surface area (Å²) in [6.07, 6.45) is 0. The van der Waals surface area contributed by atoms with Gasteiger partial charge in [-0.3, -0.25) is 0 Å². The number of hydrogen-bond donors (Lipinski definition) is 1. The Morgan fingerprint density at radius 1 is 1.25 bits per heavy atom. The third-order valence-corrected chi connectivity index (χ3v) is 3.46. The Bertz CT molecular complexity index is 210. The fourth-order valence-corrected chi connectivity index (χ4v) is 1.46. The Morgan fingerprint density at radius 2 is 1.75 bits per heavy atom. The van der Waals surface area contributed by atoms with Gasteiger partial charge in [-0.15, -0.1) is 0 Å². The molecule has 1 unspecified atom stereocenters. The molecule has 1 rings (SSSR count). The van der Waals surface area contributed by atoms with Crippen molar-refractivity contribution in [2.24, 2.45) is 11.3 Å². The molecule has 0 bridgehead atoms. The van der Waals surface area contributed by atoms with Crippen LogP contribution in [0.25, 0.3) is 0 Å². The van der Waals surface area contributed by atoms with Crippen LogP contribution in [0.2, 0.25) is 0 Å². The Labute approximate surface area is 99.9 Å². The van der Waals surface area contributed by atoms with Gasteiger partial charge >= 0.3 is 0 Å². The van der Waals surface area contributed by atoms with E-state index in [2.05, 4.69) is 33.0 Å². The number of ether oxygens (including phenoxy) is 2. The number of rotatable bonds is 3. The first-order valence-corrected chi connectivity index (χ1v) is 6.22. The molecular weight excluding hydrogens is 202 g/mol. The van der Waals surface area contributed by atoms with Crippen molar-refractivity contribution < 1.29 is 9.47 Å². The normalized spacial score (nSPS) is 24.4. The van der Waals surface area contributed by atoms with Gasteiger partial charge in [-0.1, -0.05) is 27.7 Å². The lowest BCUT2D eigenvalue weighted by Crippen LogP contribution is -2.50. The standard InChI is InChI=1S/C13H27NO2/c1-10(12(2,3)4)7-14-11-8-15-13(5,6)16-9-11/h10-11,14H,7-9H2,1-6H3. The summed E-state index contributed by atoms with van der Waals surface area (Å²) in [5.74, 6) is 0.232. The summed E-state index contributed by atoms with van der Waals surface area (Å²) < 4.78 is 11.2. The first kappa shape index (κ1) is 13.9. The van der Waals surface area contributed by atoms with Gasteiger partial charge < -0.3 is 14.8 Å². The molecule has 0 aliphatic carbocycles. The van der Waals surface area contributed by atoms with E-state index in [-0.39, 0.29) is 0 Å². The van der Waals surface area contributed by atoms with E-state index in [0.29, 0.717) is 17.4 Å². The SMILES string of the molecule is CC(CNC1COC(C)(C)OC1)C(C)(C)C. The van der Waals surface area contributed by atoms with Crippen LogP contribution in [0.15, 0.2) is 0 Å². The Kier molecular flexibility index (Phi) is 4.38. The second kappa shape index (κ2) is 5.03. The van der Waals surface area contributed by atoms with Gasteiger partial charge in [0.1, 0.15) is 0 Å². The minimum Gasteiger partial charge on any atom is -0.349 e. The molecule has 16 heavy (non-hydrogen) atoms. The third-order valence-electron chi connectivity index (χ3n) is 3.46. The highest BCUT2D eigenvalue weighted by Crippen LogP contribution is 2.25. The average Bonchev–Trinajstić information content (AvgIpc) is 2.14. The molecule has 0 aromatic rings. The summed E-state index contributed by atoms with van der Waals surface area (Å²) in [5, 5.41) is 3.52. The second-order valence-electron chi connectivity index (χ2n) is 6.39. The summed E-state index contributed by atoms with van der Waals surface area (Å²) in [7, 11) is 0. The zero-order chi connectivity index (χ0) is 12.4. The minimum absolute atomic E-state index is 0.331. The van der Waals surface area contributed by atoms with Crippen molar-refractivity contribution in [1.82, 2.24) is 5.32 Å². The van der Waals surface area contributed by atoms with Crippen molar-refractivity contribution in [2.45, 2.75) is 53.4 Å². The summed E-state index contributed by atoms with van der Waals surface area (Å²) in [5.41, 5.74) is 0.350. The van der Waals surface area contributed by atoms with E-state index in [1.54, 1.807) is 0 Å². The highest BCUT2D eigenvalue weighted by atomic mass is 16.7. The molecule has 0 aromatic heterocycles. The Balaban J connectivity index is 2.25. The van der Waals surface area contributed by atoms with Crippen molar-refractivity contribution in [3.63, 3.8) is 0 Å². The molecule has 0 aromatic carbocycles. The van der Waals surface area contributed by atoms with Crippen molar-refractivity contribution in [3.8, 4) is 0 Å². The molecule has 0 radical (unpaired) electrons. The molecular formula is C13H27NO2. The molecule has 1 saturated heterocycles. The summed E-state index contributed by atoms with van der Waals surface area (Å²) >= 11 is 0. The largest absolute Gasteiger partial charge is 0.349 e. The maximum Gasteiger partial charge on any atom is 0.162 e. The van der Waals surface area contributed by atoms with Crippen LogP contribution in [-0.4, -0.2) is 31.6 Å². The quantitative estimate of drug-likeness (QED) is 0.806. The van der Waals surface area contributed by atoms with E-state index in [0.717, 1.165) is 19.8 Å². The van der Waals surface area contributed by atoms with Crippen LogP contribution in [-0.2, 0) is 9.47 Å². The lowest BCUT2D eigenvalue weighted by Gasteiger charge is -2.36. The smallest absolute Gasteiger partial charge is 0.162 e. The van der Waals surface area contributed by atoms with Gasteiger partial charge in [0.25, 0.3) is 0 Å². The third kappa shape index (κ3) is 4.40. The highest BCUT2D eigenvalue weighted by molar-refractivity contribution is 4.77. The van der Waals surface area contributed by atoms with Crippen LogP contribution in [0.4, 0.5) is 0 Å². The molecule has 1 atom stereocenters. The zero-order valence-electron chi connectivity index (χ0n) is 11.6. The van der Waals surface area contributed by atoms with Crippen LogP contribution in [0.3, 0.4) is 0 Å². The molecule has 96 valence electrons. The van der Waals surface area contributed by atoms with Gasteiger partial charge in [0.15, 0.2) is 5.79 Å². The van der Waals surface area contributed by atoms with Crippen LogP contribution < -0.4 is 5.32 Å². The maximum atomic E-state index is 5.61. The van der Waals surface area contributed by atoms with Gasteiger partial charge in [0.2, 0.25) is 0 Å². The van der Waals surface area contributed by atoms with Gasteiger partial charge in [0, 0.05) is 0 Å². The molecule has 0 saturated carbocycles. The van der Waals surface area contributed by atoms with E-state index in [1.807, 2.05) is 13.8 Å². The number of nitrogens with one attached hydrogen (secondary N) is 1. The van der Waals surface area contributed by atoms with E-state index in [1.165, 1.54) is 0 Å². The van der Waals surface area contributed by atoms with Crippen molar-refractivity contribution in [1.29, 1.82) is 0 Å². The fraction of sp³-hybridized carbons (Fsp3) is 1.00. The van der Waals surface area contributed by atoms with Gasteiger partial charge in [-0.25, -0.2) is 0 Å². The van der Waals surface area contributed by atoms with E-state index < -0.39 is 5.79 Å². The molecule has 1 heterocycles. The zero-order valence-corrected chi connectivity index (χ0v) is 11.6. The summed E-state index contributed by atoms with van der Waals surface area (Å²) in [4.78, 5) is 0. The highest BCUT2D eigenvalue weighted by Gasteiger charge is 2.29. The van der Waals surface area contributed by atoms with Crippen LogP contribution >= 0.6 is 0 Å². The molecule has 1 aliphatic rings. The molecule has 0 spiro atoms. The molecule has 3 heteroatoms. The predicted molar refractivity (Wildman–Crippen MR) is 66.4 cm³/mol. The lowest BCUT2D eigenvalue weighted by atomic mass is 9.82. The molecule has 1 N–H and O–H groups in total. The van der Waals surface area contributed by atoms with Crippen LogP contribution in [0, 0.1) is 11.3 Å². The topological polar surface area (TPSA) is 30.5 Å². The van der Waals surface area contributed by atoms with E-state index >= 15 is 0 Å². The van der Waals surface area contributed by atoms with Gasteiger partial charge in [-0.2, -0.15) is 0 Å². The Hall–Kier alpha value is -0.120. The van der Waals surface area contributed by atoms with Crippen LogP contribution in [0.5, 0.6) is 0 Å². The van der Waals surface area contributed by atoms with Crippen molar-refractivity contribution in [2.75, 3.05) is 19.8 Å². The monoisotopic (exact) mass is 229 g/mol. The van der Waals surface area contributed by atoms with Crippen molar-refractivity contribution >= 4 is 0 Å². The first-order chi connectivity index (χ1) is 7.21. The Morgan fingerprint density at radius 3 is 2.19 bits per heavy atom. The summed E-state index contributed by atoms with van der Waals surface area (Å²) in [6, 6.07) is 0.331. The average molecular weight is 229 g/mol. The van der Waals surface area contributed by atoms with Gasteiger partial charge in [-0.05, 0) is 31.7 Å². The molecule has 0 amide bonds. The number of hydrogen-bond acceptors (Lipinski definition) is 3. The molecule has 1 aliphatic heterocycles.